The molecular weight excluding hydrogens is 472 g/mol. The Labute approximate surface area is 217 Å². The highest BCUT2D eigenvalue weighted by atomic mass is 35.5. The third-order valence-electron chi connectivity index (χ3n) is 5.90. The van der Waals surface area contributed by atoms with Crippen molar-refractivity contribution < 1.29 is 9.90 Å². The van der Waals surface area contributed by atoms with Crippen LogP contribution in [-0.2, 0) is 5.60 Å². The molecule has 0 bridgehead atoms. The maximum absolute atomic E-state index is 12.6. The van der Waals surface area contributed by atoms with Crippen molar-refractivity contribution in [3.8, 4) is 28.1 Å². The first-order valence-corrected chi connectivity index (χ1v) is 12.2. The van der Waals surface area contributed by atoms with Crippen LogP contribution < -0.4 is 5.32 Å². The van der Waals surface area contributed by atoms with Gasteiger partial charge in [0.05, 0.1) is 22.1 Å². The zero-order valence-corrected chi connectivity index (χ0v) is 21.8. The monoisotopic (exact) mass is 502 g/mol. The summed E-state index contributed by atoms with van der Waals surface area (Å²) in [4.78, 5) is 14.6. The molecule has 4 rings (SSSR count). The zero-order chi connectivity index (χ0) is 25.9. The van der Waals surface area contributed by atoms with Gasteiger partial charge in [0.2, 0.25) is 0 Å². The number of nitrogens with one attached hydrogen (secondary N) is 1. The molecule has 0 aliphatic rings. The van der Waals surface area contributed by atoms with Gasteiger partial charge in [0.15, 0.2) is 0 Å². The number of rotatable bonds is 8. The molecule has 2 N–H and O–H groups in total. The van der Waals surface area contributed by atoms with Crippen LogP contribution in [0.5, 0.6) is 0 Å². The standard InChI is InChI=1S/C29H31ClN4O2/c1-29(2,36)27-19-26(34(32-27)25-11-6-5-10-24(25)30)21-14-12-20(13-15-21)22-8-7-9-23(18-22)28(35)31-16-17-33(3)4/h5-15,18-19,36H,16-17H2,1-4H3,(H,31,35). The van der Waals surface area contributed by atoms with E-state index < -0.39 is 5.60 Å². The SMILES string of the molecule is CN(C)CCNC(=O)c1cccc(-c2ccc(-c3cc(C(C)(C)O)nn3-c3ccccc3Cl)cc2)c1. The van der Waals surface area contributed by atoms with Crippen molar-refractivity contribution in [3.63, 3.8) is 0 Å². The van der Waals surface area contributed by atoms with Crippen LogP contribution in [0.4, 0.5) is 0 Å². The molecule has 7 heteroatoms. The highest BCUT2D eigenvalue weighted by Crippen LogP contribution is 2.32. The highest BCUT2D eigenvalue weighted by Gasteiger charge is 2.23. The maximum Gasteiger partial charge on any atom is 0.251 e. The molecule has 0 atom stereocenters. The quantitative estimate of drug-likeness (QED) is 0.339. The van der Waals surface area contributed by atoms with Gasteiger partial charge in [0.25, 0.3) is 5.91 Å². The average Bonchev–Trinajstić information content (AvgIpc) is 3.30. The van der Waals surface area contributed by atoms with Crippen LogP contribution in [0.2, 0.25) is 5.02 Å². The summed E-state index contributed by atoms with van der Waals surface area (Å²) in [6, 6.07) is 25.1. The van der Waals surface area contributed by atoms with Crippen LogP contribution in [0.3, 0.4) is 0 Å². The van der Waals surface area contributed by atoms with Gasteiger partial charge in [-0.1, -0.05) is 60.1 Å². The first-order chi connectivity index (χ1) is 17.1. The minimum Gasteiger partial charge on any atom is -0.384 e. The number of benzene rings is 3. The Morgan fingerprint density at radius 3 is 2.33 bits per heavy atom. The summed E-state index contributed by atoms with van der Waals surface area (Å²) in [5, 5.41) is 18.8. The predicted octanol–water partition coefficient (Wildman–Crippen LogP) is 5.38. The number of carbonyl (C=O) groups excluding carboxylic acids is 1. The first kappa shape index (κ1) is 25.6. The third kappa shape index (κ3) is 5.85. The second-order valence-electron chi connectivity index (χ2n) is 9.55. The molecule has 1 heterocycles. The van der Waals surface area contributed by atoms with Crippen molar-refractivity contribution >= 4 is 17.5 Å². The van der Waals surface area contributed by atoms with Gasteiger partial charge < -0.3 is 15.3 Å². The number of para-hydroxylation sites is 1. The van der Waals surface area contributed by atoms with Crippen molar-refractivity contribution in [2.45, 2.75) is 19.4 Å². The third-order valence-corrected chi connectivity index (χ3v) is 6.22. The topological polar surface area (TPSA) is 70.4 Å². The number of nitrogens with zero attached hydrogens (tertiary/aromatic N) is 3. The molecule has 3 aromatic carbocycles. The van der Waals surface area contributed by atoms with E-state index in [4.69, 9.17) is 11.6 Å². The van der Waals surface area contributed by atoms with Crippen molar-refractivity contribution in [3.05, 3.63) is 95.1 Å². The number of aliphatic hydroxyl groups is 1. The average molecular weight is 503 g/mol. The van der Waals surface area contributed by atoms with Gasteiger partial charge in [-0.05, 0) is 69.4 Å². The predicted molar refractivity (Wildman–Crippen MR) is 146 cm³/mol. The fraction of sp³-hybridized carbons (Fsp3) is 0.241. The molecular formula is C29H31ClN4O2. The summed E-state index contributed by atoms with van der Waals surface area (Å²) in [5.74, 6) is -0.0851. The molecule has 0 radical (unpaired) electrons. The molecule has 6 nitrogen and oxygen atoms in total. The molecule has 36 heavy (non-hydrogen) atoms. The van der Waals surface area contributed by atoms with E-state index in [2.05, 4.69) is 10.4 Å². The number of aromatic nitrogens is 2. The van der Waals surface area contributed by atoms with Gasteiger partial charge in [-0.25, -0.2) is 4.68 Å². The van der Waals surface area contributed by atoms with Crippen molar-refractivity contribution in [2.75, 3.05) is 27.2 Å². The Balaban J connectivity index is 1.64. The molecule has 4 aromatic rings. The van der Waals surface area contributed by atoms with Crippen LogP contribution in [0.25, 0.3) is 28.1 Å². The zero-order valence-electron chi connectivity index (χ0n) is 21.0. The van der Waals surface area contributed by atoms with E-state index in [0.29, 0.717) is 22.8 Å². The van der Waals surface area contributed by atoms with Gasteiger partial charge in [-0.15, -0.1) is 0 Å². The fourth-order valence-corrected chi connectivity index (χ4v) is 4.08. The lowest BCUT2D eigenvalue weighted by molar-refractivity contribution is 0.0734. The number of hydrogen-bond donors (Lipinski definition) is 2. The summed E-state index contributed by atoms with van der Waals surface area (Å²) in [5.41, 5.74) is 4.51. The number of amides is 1. The van der Waals surface area contributed by atoms with E-state index in [1.54, 1.807) is 18.5 Å². The molecule has 186 valence electrons. The van der Waals surface area contributed by atoms with Crippen LogP contribution in [0.1, 0.15) is 29.9 Å². The van der Waals surface area contributed by atoms with Gasteiger partial charge >= 0.3 is 0 Å². The molecule has 1 amide bonds. The van der Waals surface area contributed by atoms with Crippen molar-refractivity contribution in [2.24, 2.45) is 0 Å². The van der Waals surface area contributed by atoms with Gasteiger partial charge in [-0.2, -0.15) is 5.10 Å². The largest absolute Gasteiger partial charge is 0.384 e. The maximum atomic E-state index is 12.6. The van der Waals surface area contributed by atoms with Crippen LogP contribution in [0.15, 0.2) is 78.9 Å². The summed E-state index contributed by atoms with van der Waals surface area (Å²) >= 11 is 6.48. The summed E-state index contributed by atoms with van der Waals surface area (Å²) in [7, 11) is 3.95. The lowest BCUT2D eigenvalue weighted by Gasteiger charge is -2.13. The van der Waals surface area contributed by atoms with Crippen LogP contribution >= 0.6 is 11.6 Å². The Hall–Kier alpha value is -3.45. The van der Waals surface area contributed by atoms with Crippen molar-refractivity contribution in [1.82, 2.24) is 20.0 Å². The molecule has 1 aromatic heterocycles. The Morgan fingerprint density at radius 2 is 1.67 bits per heavy atom. The minimum atomic E-state index is -1.10. The number of hydrogen-bond acceptors (Lipinski definition) is 4. The molecule has 0 aliphatic heterocycles. The van der Waals surface area contributed by atoms with E-state index in [9.17, 15) is 9.90 Å². The van der Waals surface area contributed by atoms with Gasteiger partial charge in [0.1, 0.15) is 5.60 Å². The van der Waals surface area contributed by atoms with E-state index >= 15 is 0 Å². The molecule has 0 saturated heterocycles. The summed E-state index contributed by atoms with van der Waals surface area (Å²) in [6.07, 6.45) is 0. The summed E-state index contributed by atoms with van der Waals surface area (Å²) < 4.78 is 1.77. The number of carbonyl (C=O) groups is 1. The van der Waals surface area contributed by atoms with E-state index in [1.807, 2.05) is 97.9 Å². The van der Waals surface area contributed by atoms with E-state index in [1.165, 1.54) is 0 Å². The molecule has 0 aliphatic carbocycles. The first-order valence-electron chi connectivity index (χ1n) is 11.8. The Morgan fingerprint density at radius 1 is 0.972 bits per heavy atom. The lowest BCUT2D eigenvalue weighted by Crippen LogP contribution is -2.31. The second-order valence-corrected chi connectivity index (χ2v) is 9.96. The number of halogens is 1. The smallest absolute Gasteiger partial charge is 0.251 e. The molecule has 0 fully saturated rings. The van der Waals surface area contributed by atoms with E-state index in [-0.39, 0.29) is 5.91 Å². The van der Waals surface area contributed by atoms with E-state index in [0.717, 1.165) is 34.6 Å². The number of likely N-dealkylation sites (N-methyl/N-ethyl adjacent to an activating group) is 1. The van der Waals surface area contributed by atoms with Crippen LogP contribution in [0, 0.1) is 0 Å². The Kier molecular flexibility index (Phi) is 7.59. The molecule has 0 unspecified atom stereocenters. The minimum absolute atomic E-state index is 0.0851. The highest BCUT2D eigenvalue weighted by molar-refractivity contribution is 6.32. The fourth-order valence-electron chi connectivity index (χ4n) is 3.86. The van der Waals surface area contributed by atoms with Crippen LogP contribution in [-0.4, -0.2) is 52.9 Å². The summed E-state index contributed by atoms with van der Waals surface area (Å²) in [6.45, 7) is 4.80. The molecule has 0 saturated carbocycles. The molecule has 0 spiro atoms. The van der Waals surface area contributed by atoms with Crippen molar-refractivity contribution in [1.29, 1.82) is 0 Å². The lowest BCUT2D eigenvalue weighted by atomic mass is 10.00. The van der Waals surface area contributed by atoms with Gasteiger partial charge in [0, 0.05) is 24.2 Å². The Bertz CT molecular complexity index is 1350. The normalized spacial score (nSPS) is 11.6. The second kappa shape index (κ2) is 10.7. The van der Waals surface area contributed by atoms with Gasteiger partial charge in [-0.3, -0.25) is 4.79 Å².